The number of rotatable bonds is 5. The number of ether oxygens (including phenoxy) is 1. The van der Waals surface area contributed by atoms with Gasteiger partial charge in [0.25, 0.3) is 11.6 Å². The number of hydrogen-bond acceptors (Lipinski definition) is 6. The van der Waals surface area contributed by atoms with E-state index in [1.165, 1.54) is 12.1 Å². The highest BCUT2D eigenvalue weighted by molar-refractivity contribution is 6.07. The Labute approximate surface area is 119 Å². The van der Waals surface area contributed by atoms with E-state index < -0.39 is 10.8 Å². The predicted octanol–water partition coefficient (Wildman–Crippen LogP) is 1.67. The quantitative estimate of drug-likeness (QED) is 0.638. The van der Waals surface area contributed by atoms with Crippen LogP contribution in [0, 0.1) is 17.0 Å². The second kappa shape index (κ2) is 5.99. The van der Waals surface area contributed by atoms with E-state index in [-0.39, 0.29) is 23.2 Å². The number of nitro groups is 1. The first kappa shape index (κ1) is 14.4. The second-order valence-corrected chi connectivity index (χ2v) is 4.08. The van der Waals surface area contributed by atoms with Crippen LogP contribution in [0.5, 0.6) is 6.01 Å². The molecule has 0 fully saturated rings. The van der Waals surface area contributed by atoms with E-state index in [4.69, 9.17) is 4.74 Å². The van der Waals surface area contributed by atoms with Crippen LogP contribution < -0.4 is 10.1 Å². The topological polar surface area (TPSA) is 123 Å². The molecule has 2 rings (SSSR count). The largest absolute Gasteiger partial charge is 0.463 e. The van der Waals surface area contributed by atoms with E-state index in [9.17, 15) is 14.9 Å². The minimum Gasteiger partial charge on any atom is -0.463 e. The van der Waals surface area contributed by atoms with Crippen LogP contribution in [0.15, 0.2) is 18.2 Å². The summed E-state index contributed by atoms with van der Waals surface area (Å²) >= 11 is 0. The first-order valence-corrected chi connectivity index (χ1v) is 6.13. The highest BCUT2D eigenvalue weighted by Crippen LogP contribution is 2.22. The van der Waals surface area contributed by atoms with Crippen molar-refractivity contribution in [2.45, 2.75) is 13.8 Å². The van der Waals surface area contributed by atoms with Crippen LogP contribution in [0.2, 0.25) is 0 Å². The number of H-pyrrole nitrogens is 1. The van der Waals surface area contributed by atoms with E-state index in [2.05, 4.69) is 20.5 Å². The number of benzene rings is 1. The van der Waals surface area contributed by atoms with Gasteiger partial charge in [0.1, 0.15) is 5.56 Å². The molecule has 0 bridgehead atoms. The molecule has 2 N–H and O–H groups in total. The fourth-order valence-electron chi connectivity index (χ4n) is 1.77. The first-order valence-electron chi connectivity index (χ1n) is 6.13. The number of nitrogens with zero attached hydrogens (tertiary/aromatic N) is 3. The van der Waals surface area contributed by atoms with E-state index in [0.717, 1.165) is 0 Å². The molecule has 0 spiro atoms. The molecule has 2 aromatic rings. The average Bonchev–Trinajstić information content (AvgIpc) is 2.86. The molecule has 1 heterocycles. The molecule has 0 saturated carbocycles. The Balaban J connectivity index is 2.25. The number of hydrogen-bond donors (Lipinski definition) is 2. The highest BCUT2D eigenvalue weighted by atomic mass is 16.6. The van der Waals surface area contributed by atoms with Crippen molar-refractivity contribution < 1.29 is 14.5 Å². The van der Waals surface area contributed by atoms with Crippen molar-refractivity contribution in [2.24, 2.45) is 0 Å². The molecule has 0 radical (unpaired) electrons. The van der Waals surface area contributed by atoms with Gasteiger partial charge in [0.2, 0.25) is 5.95 Å². The molecule has 0 saturated heterocycles. The number of aromatic amines is 1. The molecule has 0 aliphatic carbocycles. The van der Waals surface area contributed by atoms with Crippen molar-refractivity contribution in [1.82, 2.24) is 15.2 Å². The van der Waals surface area contributed by atoms with E-state index >= 15 is 0 Å². The lowest BCUT2D eigenvalue weighted by atomic mass is 10.1. The van der Waals surface area contributed by atoms with Crippen molar-refractivity contribution in [2.75, 3.05) is 11.9 Å². The number of aromatic nitrogens is 3. The molecule has 0 aliphatic rings. The Bertz CT molecular complexity index is 682. The Morgan fingerprint density at radius 3 is 2.95 bits per heavy atom. The third kappa shape index (κ3) is 3.14. The van der Waals surface area contributed by atoms with Crippen LogP contribution in [-0.2, 0) is 0 Å². The molecule has 0 unspecified atom stereocenters. The normalized spacial score (nSPS) is 10.2. The van der Waals surface area contributed by atoms with Crippen LogP contribution in [0.1, 0.15) is 22.8 Å². The van der Waals surface area contributed by atoms with Gasteiger partial charge in [-0.15, -0.1) is 5.10 Å². The predicted molar refractivity (Wildman–Crippen MR) is 73.3 cm³/mol. The summed E-state index contributed by atoms with van der Waals surface area (Å²) in [6, 6.07) is 4.50. The lowest BCUT2D eigenvalue weighted by Crippen LogP contribution is -2.16. The number of anilines is 1. The minimum absolute atomic E-state index is 0.0168. The summed E-state index contributed by atoms with van der Waals surface area (Å²) in [5.74, 6) is -0.583. The van der Waals surface area contributed by atoms with Gasteiger partial charge < -0.3 is 4.74 Å². The third-order valence-electron chi connectivity index (χ3n) is 2.64. The monoisotopic (exact) mass is 291 g/mol. The van der Waals surface area contributed by atoms with Gasteiger partial charge >= 0.3 is 6.01 Å². The number of aryl methyl sites for hydroxylation is 1. The maximum atomic E-state index is 12.2. The number of carbonyl (C=O) groups is 1. The summed E-state index contributed by atoms with van der Waals surface area (Å²) in [4.78, 5) is 26.4. The van der Waals surface area contributed by atoms with Crippen LogP contribution in [0.3, 0.4) is 0 Å². The SMILES string of the molecule is CCOc1n[nH]c(NC(=O)c2c(C)cccc2[N+](=O)[O-])n1. The van der Waals surface area contributed by atoms with Gasteiger partial charge in [0.05, 0.1) is 11.5 Å². The zero-order chi connectivity index (χ0) is 15.4. The molecule has 0 aliphatic heterocycles. The van der Waals surface area contributed by atoms with Crippen LogP contribution in [0.4, 0.5) is 11.6 Å². The van der Waals surface area contributed by atoms with Crippen LogP contribution in [-0.4, -0.2) is 32.6 Å². The van der Waals surface area contributed by atoms with Crippen molar-refractivity contribution in [1.29, 1.82) is 0 Å². The molecule has 1 amide bonds. The van der Waals surface area contributed by atoms with Gasteiger partial charge in [-0.1, -0.05) is 12.1 Å². The van der Waals surface area contributed by atoms with Crippen LogP contribution in [0.25, 0.3) is 0 Å². The number of amides is 1. The highest BCUT2D eigenvalue weighted by Gasteiger charge is 2.23. The van der Waals surface area contributed by atoms with Crippen molar-refractivity contribution in [3.63, 3.8) is 0 Å². The molecular weight excluding hydrogens is 278 g/mol. The number of carbonyl (C=O) groups excluding carboxylic acids is 1. The molecule has 21 heavy (non-hydrogen) atoms. The standard InChI is InChI=1S/C12H13N5O4/c1-3-21-12-14-11(15-16-12)13-10(18)9-7(2)5-4-6-8(9)17(19)20/h4-6H,3H2,1-2H3,(H2,13,14,15,16,18). The molecule has 9 nitrogen and oxygen atoms in total. The fourth-order valence-corrected chi connectivity index (χ4v) is 1.77. The van der Waals surface area contributed by atoms with Gasteiger partial charge in [0.15, 0.2) is 0 Å². The second-order valence-electron chi connectivity index (χ2n) is 4.08. The van der Waals surface area contributed by atoms with E-state index in [1.54, 1.807) is 19.9 Å². The Morgan fingerprint density at radius 1 is 1.52 bits per heavy atom. The maximum absolute atomic E-state index is 12.2. The first-order chi connectivity index (χ1) is 10.0. The summed E-state index contributed by atoms with van der Waals surface area (Å²) in [7, 11) is 0. The molecule has 110 valence electrons. The van der Waals surface area contributed by atoms with Crippen LogP contribution >= 0.6 is 0 Å². The average molecular weight is 291 g/mol. The summed E-state index contributed by atoms with van der Waals surface area (Å²) in [5, 5.41) is 19.6. The maximum Gasteiger partial charge on any atom is 0.337 e. The lowest BCUT2D eigenvalue weighted by molar-refractivity contribution is -0.385. The Hall–Kier alpha value is -2.97. The Morgan fingerprint density at radius 2 is 2.29 bits per heavy atom. The smallest absolute Gasteiger partial charge is 0.337 e. The van der Waals surface area contributed by atoms with Gasteiger partial charge in [-0.05, 0) is 19.4 Å². The van der Waals surface area contributed by atoms with E-state index in [0.29, 0.717) is 12.2 Å². The molecule has 1 aromatic carbocycles. The molecule has 0 atom stereocenters. The summed E-state index contributed by atoms with van der Waals surface area (Å²) in [6.07, 6.45) is 0. The van der Waals surface area contributed by atoms with Gasteiger partial charge in [-0.25, -0.2) is 5.10 Å². The van der Waals surface area contributed by atoms with Crippen molar-refractivity contribution in [3.05, 3.63) is 39.4 Å². The zero-order valence-electron chi connectivity index (χ0n) is 11.4. The molecule has 9 heteroatoms. The number of nitro benzene ring substituents is 1. The lowest BCUT2D eigenvalue weighted by Gasteiger charge is -2.05. The zero-order valence-corrected chi connectivity index (χ0v) is 11.4. The molecular formula is C12H13N5O4. The fraction of sp³-hybridized carbons (Fsp3) is 0.250. The minimum atomic E-state index is -0.640. The van der Waals surface area contributed by atoms with Crippen molar-refractivity contribution in [3.8, 4) is 6.01 Å². The summed E-state index contributed by atoms with van der Waals surface area (Å²) < 4.78 is 5.05. The Kier molecular flexibility index (Phi) is 4.12. The van der Waals surface area contributed by atoms with E-state index in [1.807, 2.05) is 0 Å². The molecule has 1 aromatic heterocycles. The number of nitrogens with one attached hydrogen (secondary N) is 2. The summed E-state index contributed by atoms with van der Waals surface area (Å²) in [6.45, 7) is 3.77. The van der Waals surface area contributed by atoms with Gasteiger partial charge in [0, 0.05) is 6.07 Å². The summed E-state index contributed by atoms with van der Waals surface area (Å²) in [5.41, 5.74) is 0.208. The van der Waals surface area contributed by atoms with Gasteiger partial charge in [-0.2, -0.15) is 4.98 Å². The third-order valence-corrected chi connectivity index (χ3v) is 2.64. The van der Waals surface area contributed by atoms with Gasteiger partial charge in [-0.3, -0.25) is 20.2 Å². The van der Waals surface area contributed by atoms with Crippen molar-refractivity contribution >= 4 is 17.5 Å².